The molecule has 1 atom stereocenters. The Kier molecular flexibility index (Phi) is 8.58. The number of carbonyl (C=O) groups is 2. The van der Waals surface area contributed by atoms with Crippen LogP contribution in [-0.4, -0.2) is 35.6 Å². The van der Waals surface area contributed by atoms with Crippen molar-refractivity contribution >= 4 is 23.6 Å². The largest absolute Gasteiger partial charge is 0.357 e. The van der Waals surface area contributed by atoms with Gasteiger partial charge in [0.05, 0.1) is 0 Å². The second-order valence-corrected chi connectivity index (χ2v) is 8.07. The van der Waals surface area contributed by atoms with Crippen molar-refractivity contribution in [2.75, 3.05) is 12.8 Å². The number of nitrogens with one attached hydrogen (secondary N) is 1. The number of benzene rings is 2. The van der Waals surface area contributed by atoms with E-state index in [2.05, 4.69) is 36.5 Å². The third-order valence-electron chi connectivity index (χ3n) is 4.84. The average molecular weight is 399 g/mol. The second kappa shape index (κ2) is 10.9. The van der Waals surface area contributed by atoms with Crippen molar-refractivity contribution in [1.82, 2.24) is 10.2 Å². The van der Waals surface area contributed by atoms with Gasteiger partial charge in [0.15, 0.2) is 0 Å². The highest BCUT2D eigenvalue weighted by Gasteiger charge is 2.27. The van der Waals surface area contributed by atoms with Crippen LogP contribution in [0, 0.1) is 13.8 Å². The molecule has 2 rings (SSSR count). The van der Waals surface area contributed by atoms with Gasteiger partial charge in [-0.05, 0) is 43.5 Å². The lowest BCUT2D eigenvalue weighted by atomic mass is 10.1. The number of likely N-dealkylation sites (N-methyl/N-ethyl adjacent to an activating group) is 1. The number of thioether (sulfide) groups is 1. The molecule has 2 amide bonds. The van der Waals surface area contributed by atoms with E-state index < -0.39 is 6.04 Å². The predicted octanol–water partition coefficient (Wildman–Crippen LogP) is 4.34. The van der Waals surface area contributed by atoms with E-state index in [-0.39, 0.29) is 11.8 Å². The molecule has 0 radical (unpaired) electrons. The summed E-state index contributed by atoms with van der Waals surface area (Å²) in [6.07, 6.45) is 0.986. The van der Waals surface area contributed by atoms with E-state index in [1.54, 1.807) is 23.7 Å². The fourth-order valence-electron chi connectivity index (χ4n) is 3.09. The van der Waals surface area contributed by atoms with Crippen molar-refractivity contribution in [2.24, 2.45) is 0 Å². The van der Waals surface area contributed by atoms with Crippen LogP contribution in [0.15, 0.2) is 53.4 Å². The SMILES string of the molecule is CC[C@H](C(=O)NC)N(Cc1ccccc1C)C(=O)CCSc1ccc(C)cc1. The van der Waals surface area contributed by atoms with Crippen LogP contribution < -0.4 is 5.32 Å². The van der Waals surface area contributed by atoms with Crippen LogP contribution in [0.1, 0.15) is 36.5 Å². The molecule has 0 aliphatic carbocycles. The lowest BCUT2D eigenvalue weighted by molar-refractivity contribution is -0.140. The quantitative estimate of drug-likeness (QED) is 0.639. The van der Waals surface area contributed by atoms with Crippen LogP contribution in [0.3, 0.4) is 0 Å². The zero-order valence-corrected chi connectivity index (χ0v) is 18.0. The van der Waals surface area contributed by atoms with Gasteiger partial charge in [0.25, 0.3) is 0 Å². The molecule has 0 fully saturated rings. The number of hydrogen-bond donors (Lipinski definition) is 1. The van der Waals surface area contributed by atoms with Crippen molar-refractivity contribution in [3.63, 3.8) is 0 Å². The zero-order valence-electron chi connectivity index (χ0n) is 17.2. The molecule has 150 valence electrons. The van der Waals surface area contributed by atoms with E-state index in [1.807, 2.05) is 38.1 Å². The first-order valence-corrected chi connectivity index (χ1v) is 10.7. The van der Waals surface area contributed by atoms with Crippen LogP contribution in [0.25, 0.3) is 0 Å². The lowest BCUT2D eigenvalue weighted by Gasteiger charge is -2.30. The molecule has 2 aromatic rings. The minimum Gasteiger partial charge on any atom is -0.357 e. The Bertz CT molecular complexity index is 789. The zero-order chi connectivity index (χ0) is 20.5. The van der Waals surface area contributed by atoms with Crippen LogP contribution in [-0.2, 0) is 16.1 Å². The molecule has 28 heavy (non-hydrogen) atoms. The molecule has 0 saturated carbocycles. The van der Waals surface area contributed by atoms with Gasteiger partial charge in [0.1, 0.15) is 6.04 Å². The van der Waals surface area contributed by atoms with Gasteiger partial charge in [0, 0.05) is 30.7 Å². The van der Waals surface area contributed by atoms with Gasteiger partial charge >= 0.3 is 0 Å². The number of nitrogens with zero attached hydrogens (tertiary/aromatic N) is 1. The molecule has 2 aromatic carbocycles. The summed E-state index contributed by atoms with van der Waals surface area (Å²) in [6, 6.07) is 15.9. The van der Waals surface area contributed by atoms with Gasteiger partial charge in [-0.15, -0.1) is 11.8 Å². The fourth-order valence-corrected chi connectivity index (χ4v) is 3.93. The fraction of sp³-hybridized carbons (Fsp3) is 0.391. The Morgan fingerprint density at radius 2 is 1.75 bits per heavy atom. The summed E-state index contributed by atoms with van der Waals surface area (Å²) >= 11 is 1.67. The molecule has 0 aliphatic rings. The van der Waals surface area contributed by atoms with Crippen molar-refractivity contribution in [2.45, 2.75) is 51.1 Å². The molecule has 0 aliphatic heterocycles. The second-order valence-electron chi connectivity index (χ2n) is 6.90. The number of amides is 2. The third-order valence-corrected chi connectivity index (χ3v) is 5.85. The Hall–Kier alpha value is -2.27. The van der Waals surface area contributed by atoms with E-state index in [0.29, 0.717) is 25.1 Å². The van der Waals surface area contributed by atoms with E-state index in [4.69, 9.17) is 0 Å². The summed E-state index contributed by atoms with van der Waals surface area (Å²) in [7, 11) is 1.62. The predicted molar refractivity (Wildman–Crippen MR) is 116 cm³/mol. The third kappa shape index (κ3) is 6.13. The average Bonchev–Trinajstić information content (AvgIpc) is 2.70. The van der Waals surface area contributed by atoms with E-state index in [1.165, 1.54) is 5.56 Å². The maximum Gasteiger partial charge on any atom is 0.242 e. The topological polar surface area (TPSA) is 49.4 Å². The first kappa shape index (κ1) is 22.0. The Morgan fingerprint density at radius 1 is 1.07 bits per heavy atom. The molecule has 0 unspecified atom stereocenters. The van der Waals surface area contributed by atoms with Crippen molar-refractivity contribution in [1.29, 1.82) is 0 Å². The minimum atomic E-state index is -0.457. The van der Waals surface area contributed by atoms with Gasteiger partial charge in [-0.1, -0.05) is 48.9 Å². The van der Waals surface area contributed by atoms with Gasteiger partial charge in [-0.25, -0.2) is 0 Å². The molecule has 4 nitrogen and oxygen atoms in total. The highest BCUT2D eigenvalue weighted by molar-refractivity contribution is 7.99. The minimum absolute atomic E-state index is 0.0123. The number of hydrogen-bond acceptors (Lipinski definition) is 3. The van der Waals surface area contributed by atoms with E-state index >= 15 is 0 Å². The summed E-state index contributed by atoms with van der Waals surface area (Å²) in [4.78, 5) is 28.3. The maximum atomic E-state index is 13.1. The number of rotatable bonds is 9. The van der Waals surface area contributed by atoms with Crippen molar-refractivity contribution in [3.8, 4) is 0 Å². The summed E-state index contributed by atoms with van der Waals surface area (Å²) in [5.41, 5.74) is 3.42. The Balaban J connectivity index is 2.10. The molecular weight excluding hydrogens is 368 g/mol. The lowest BCUT2D eigenvalue weighted by Crippen LogP contribution is -2.48. The van der Waals surface area contributed by atoms with Crippen LogP contribution in [0.4, 0.5) is 0 Å². The van der Waals surface area contributed by atoms with Crippen LogP contribution >= 0.6 is 11.8 Å². The molecule has 0 bridgehead atoms. The molecule has 0 spiro atoms. The Labute approximate surface area is 172 Å². The standard InChI is InChI=1S/C23H30N2O2S/c1-5-21(23(27)24-4)25(16-19-9-7-6-8-18(19)3)22(26)14-15-28-20-12-10-17(2)11-13-20/h6-13,21H,5,14-16H2,1-4H3,(H,24,27)/t21-/m1/s1. The first-order chi connectivity index (χ1) is 13.5. The van der Waals surface area contributed by atoms with E-state index in [0.717, 1.165) is 16.0 Å². The summed E-state index contributed by atoms with van der Waals surface area (Å²) in [6.45, 7) is 6.49. The monoisotopic (exact) mass is 398 g/mol. The van der Waals surface area contributed by atoms with Gasteiger partial charge in [-0.2, -0.15) is 0 Å². The molecular formula is C23H30N2O2S. The summed E-state index contributed by atoms with van der Waals surface area (Å²) in [5, 5.41) is 2.70. The molecule has 1 N–H and O–H groups in total. The van der Waals surface area contributed by atoms with E-state index in [9.17, 15) is 9.59 Å². The van der Waals surface area contributed by atoms with Crippen molar-refractivity contribution < 1.29 is 9.59 Å². The number of carbonyl (C=O) groups excluding carboxylic acids is 2. The Morgan fingerprint density at radius 3 is 2.36 bits per heavy atom. The summed E-state index contributed by atoms with van der Waals surface area (Å²) in [5.74, 6) is 0.588. The van der Waals surface area contributed by atoms with Crippen molar-refractivity contribution in [3.05, 3.63) is 65.2 Å². The highest BCUT2D eigenvalue weighted by atomic mass is 32.2. The molecule has 0 saturated heterocycles. The highest BCUT2D eigenvalue weighted by Crippen LogP contribution is 2.21. The smallest absolute Gasteiger partial charge is 0.242 e. The van der Waals surface area contributed by atoms with Crippen LogP contribution in [0.2, 0.25) is 0 Å². The molecule has 0 heterocycles. The number of aryl methyl sites for hydroxylation is 2. The molecule has 0 aromatic heterocycles. The first-order valence-electron chi connectivity index (χ1n) is 9.71. The molecule has 5 heteroatoms. The summed E-state index contributed by atoms with van der Waals surface area (Å²) < 4.78 is 0. The van der Waals surface area contributed by atoms with Crippen LogP contribution in [0.5, 0.6) is 0 Å². The van der Waals surface area contributed by atoms with Gasteiger partial charge in [0.2, 0.25) is 11.8 Å². The van der Waals surface area contributed by atoms with Gasteiger partial charge in [-0.3, -0.25) is 9.59 Å². The maximum absolute atomic E-state index is 13.1. The van der Waals surface area contributed by atoms with Gasteiger partial charge < -0.3 is 10.2 Å². The normalized spacial score (nSPS) is 11.7.